The molecule has 1 heterocycles. The second-order valence-electron chi connectivity index (χ2n) is 4.24. The van der Waals surface area contributed by atoms with Crippen LogP contribution in [-0.2, 0) is 15.7 Å². The topological polar surface area (TPSA) is 104 Å². The summed E-state index contributed by atoms with van der Waals surface area (Å²) in [5, 5.41) is 0. The number of nitrogens with zero attached hydrogens (tertiary/aromatic N) is 2. The Bertz CT molecular complexity index is 645. The Kier molecular flexibility index (Phi) is 5.88. The predicted octanol–water partition coefficient (Wildman–Crippen LogP) is 1.83. The van der Waals surface area contributed by atoms with Gasteiger partial charge in [-0.15, -0.1) is 0 Å². The molecule has 1 aromatic rings. The first-order chi connectivity index (χ1) is 10.6. The van der Waals surface area contributed by atoms with Crippen molar-refractivity contribution >= 4 is 17.4 Å². The van der Waals surface area contributed by atoms with Crippen LogP contribution in [0.5, 0.6) is 0 Å². The molecule has 0 aliphatic heterocycles. The number of aromatic nitrogens is 1. The third-order valence-corrected chi connectivity index (χ3v) is 2.43. The van der Waals surface area contributed by atoms with Crippen LogP contribution in [-0.4, -0.2) is 23.3 Å². The van der Waals surface area contributed by atoms with Gasteiger partial charge in [-0.05, 0) is 19.1 Å². The molecular formula is C14H15F3N4O2. The molecule has 0 aliphatic rings. The average molecular weight is 328 g/mol. The summed E-state index contributed by atoms with van der Waals surface area (Å²) in [7, 11) is 0. The second kappa shape index (κ2) is 7.43. The molecular weight excluding hydrogens is 313 g/mol. The third-order valence-electron chi connectivity index (χ3n) is 2.43. The van der Waals surface area contributed by atoms with Gasteiger partial charge in [0, 0.05) is 12.3 Å². The van der Waals surface area contributed by atoms with E-state index in [4.69, 9.17) is 16.2 Å². The lowest BCUT2D eigenvalue weighted by Gasteiger charge is -2.07. The van der Waals surface area contributed by atoms with Crippen molar-refractivity contribution in [3.05, 3.63) is 48.1 Å². The normalized spacial score (nSPS) is 11.7. The minimum absolute atomic E-state index is 0.0423. The molecule has 0 radical (unpaired) electrons. The molecule has 1 rings (SSSR count). The van der Waals surface area contributed by atoms with Gasteiger partial charge in [0.05, 0.1) is 29.4 Å². The number of ether oxygens (including phenoxy) is 1. The number of carbonyl (C=O) groups excluding carboxylic acids is 1. The number of rotatable bonds is 5. The van der Waals surface area contributed by atoms with Crippen LogP contribution in [0.3, 0.4) is 0 Å². The molecule has 0 fully saturated rings. The van der Waals surface area contributed by atoms with E-state index in [1.807, 2.05) is 0 Å². The molecule has 1 aromatic heterocycles. The van der Waals surface area contributed by atoms with E-state index in [-0.39, 0.29) is 29.5 Å². The zero-order chi connectivity index (χ0) is 17.6. The Balaban J connectivity index is 3.10. The van der Waals surface area contributed by atoms with Gasteiger partial charge < -0.3 is 16.2 Å². The van der Waals surface area contributed by atoms with Crippen molar-refractivity contribution in [3.63, 3.8) is 0 Å². The van der Waals surface area contributed by atoms with Gasteiger partial charge in [-0.1, -0.05) is 6.58 Å². The van der Waals surface area contributed by atoms with E-state index in [1.54, 1.807) is 6.92 Å². The maximum absolute atomic E-state index is 12.5. The van der Waals surface area contributed by atoms with Gasteiger partial charge in [-0.2, -0.15) is 13.2 Å². The Morgan fingerprint density at radius 1 is 1.43 bits per heavy atom. The Morgan fingerprint density at radius 2 is 2.09 bits per heavy atom. The summed E-state index contributed by atoms with van der Waals surface area (Å²) in [4.78, 5) is 19.2. The summed E-state index contributed by atoms with van der Waals surface area (Å²) >= 11 is 0. The quantitative estimate of drug-likeness (QED) is 0.634. The second-order valence-corrected chi connectivity index (χ2v) is 4.24. The lowest BCUT2D eigenvalue weighted by Crippen LogP contribution is -2.19. The third kappa shape index (κ3) is 5.46. The molecule has 0 bridgehead atoms. The van der Waals surface area contributed by atoms with Crippen LogP contribution in [0.4, 0.5) is 13.2 Å². The number of hydrogen-bond donors (Lipinski definition) is 2. The molecule has 0 amide bonds. The predicted molar refractivity (Wildman–Crippen MR) is 78.8 cm³/mol. The lowest BCUT2D eigenvalue weighted by atomic mass is 10.2. The largest absolute Gasteiger partial charge is 0.461 e. The maximum Gasteiger partial charge on any atom is 0.417 e. The van der Waals surface area contributed by atoms with Crippen LogP contribution in [0.2, 0.25) is 0 Å². The number of pyridine rings is 1. The van der Waals surface area contributed by atoms with Crippen molar-refractivity contribution in [2.45, 2.75) is 13.1 Å². The Morgan fingerprint density at radius 3 is 2.52 bits per heavy atom. The smallest absolute Gasteiger partial charge is 0.417 e. The molecule has 0 spiro atoms. The Labute approximate surface area is 130 Å². The fraction of sp³-hybridized carbons (Fsp3) is 0.214. The lowest BCUT2D eigenvalue weighted by molar-refractivity contribution is -0.138. The van der Waals surface area contributed by atoms with Crippen molar-refractivity contribution in [2.75, 3.05) is 6.61 Å². The molecule has 0 atom stereocenters. The molecule has 0 saturated carbocycles. The molecule has 0 aliphatic carbocycles. The van der Waals surface area contributed by atoms with Crippen molar-refractivity contribution < 1.29 is 22.7 Å². The molecule has 0 saturated heterocycles. The maximum atomic E-state index is 12.5. The zero-order valence-electron chi connectivity index (χ0n) is 12.2. The molecule has 124 valence electrons. The first-order valence-corrected chi connectivity index (χ1v) is 6.36. The number of alkyl halides is 3. The highest BCUT2D eigenvalue weighted by Gasteiger charge is 2.30. The summed E-state index contributed by atoms with van der Waals surface area (Å²) in [6.07, 6.45) is -2.79. The van der Waals surface area contributed by atoms with Crippen molar-refractivity contribution in [3.8, 4) is 0 Å². The molecule has 0 aromatic carbocycles. The van der Waals surface area contributed by atoms with E-state index < -0.39 is 17.7 Å². The fourth-order valence-corrected chi connectivity index (χ4v) is 1.43. The number of esters is 1. The summed E-state index contributed by atoms with van der Waals surface area (Å²) in [5.41, 5.74) is 9.45. The van der Waals surface area contributed by atoms with Gasteiger partial charge in [-0.3, -0.25) is 4.98 Å². The van der Waals surface area contributed by atoms with Crippen LogP contribution >= 0.6 is 0 Å². The van der Waals surface area contributed by atoms with Gasteiger partial charge in [-0.25, -0.2) is 9.79 Å². The van der Waals surface area contributed by atoms with Crippen molar-refractivity contribution in [2.24, 2.45) is 16.5 Å². The first kappa shape index (κ1) is 18.2. The van der Waals surface area contributed by atoms with Crippen molar-refractivity contribution in [1.82, 2.24) is 4.98 Å². The van der Waals surface area contributed by atoms with Crippen LogP contribution in [0.25, 0.3) is 5.70 Å². The SMILES string of the molecule is C=C(/N=C(\C=C(N)N)C(=O)OCC)c1ccc(C(F)(F)F)cn1. The summed E-state index contributed by atoms with van der Waals surface area (Å²) in [6.45, 7) is 5.25. The summed E-state index contributed by atoms with van der Waals surface area (Å²) < 4.78 is 42.2. The highest BCUT2D eigenvalue weighted by atomic mass is 19.4. The van der Waals surface area contributed by atoms with E-state index in [2.05, 4.69) is 16.6 Å². The molecule has 4 N–H and O–H groups in total. The number of hydrogen-bond acceptors (Lipinski definition) is 6. The fourth-order valence-electron chi connectivity index (χ4n) is 1.43. The highest BCUT2D eigenvalue weighted by molar-refractivity contribution is 6.42. The standard InChI is InChI=1S/C14H15F3N4O2/c1-3-23-13(22)11(6-12(18)19)21-8(2)10-5-4-9(7-20-10)14(15,16)17/h4-7H,2-3,18-19H2,1H3/b21-11+. The zero-order valence-corrected chi connectivity index (χ0v) is 12.2. The summed E-state index contributed by atoms with van der Waals surface area (Å²) in [5.74, 6) is -0.987. The minimum Gasteiger partial charge on any atom is -0.461 e. The molecule has 23 heavy (non-hydrogen) atoms. The monoisotopic (exact) mass is 328 g/mol. The van der Waals surface area contributed by atoms with E-state index >= 15 is 0 Å². The van der Waals surface area contributed by atoms with E-state index in [9.17, 15) is 18.0 Å². The summed E-state index contributed by atoms with van der Waals surface area (Å²) in [6, 6.07) is 1.92. The van der Waals surface area contributed by atoms with Crippen LogP contribution < -0.4 is 11.5 Å². The van der Waals surface area contributed by atoms with Crippen LogP contribution in [0.15, 0.2) is 41.8 Å². The van der Waals surface area contributed by atoms with Gasteiger partial charge in [0.15, 0.2) is 5.71 Å². The van der Waals surface area contributed by atoms with E-state index in [0.717, 1.165) is 18.2 Å². The average Bonchev–Trinajstić information content (AvgIpc) is 2.45. The van der Waals surface area contributed by atoms with Gasteiger partial charge in [0.2, 0.25) is 0 Å². The highest BCUT2D eigenvalue weighted by Crippen LogP contribution is 2.29. The Hall–Kier alpha value is -2.84. The minimum atomic E-state index is -4.50. The van der Waals surface area contributed by atoms with Crippen LogP contribution in [0, 0.1) is 0 Å². The number of nitrogens with two attached hydrogens (primary N) is 2. The number of halogens is 3. The molecule has 9 heteroatoms. The molecule has 6 nitrogen and oxygen atoms in total. The van der Waals surface area contributed by atoms with Gasteiger partial charge in [0.1, 0.15) is 0 Å². The molecule has 0 unspecified atom stereocenters. The first-order valence-electron chi connectivity index (χ1n) is 6.36. The van der Waals surface area contributed by atoms with Crippen LogP contribution in [0.1, 0.15) is 18.2 Å². The van der Waals surface area contributed by atoms with Gasteiger partial charge in [0.25, 0.3) is 0 Å². The van der Waals surface area contributed by atoms with Crippen molar-refractivity contribution in [1.29, 1.82) is 0 Å². The van der Waals surface area contributed by atoms with Gasteiger partial charge >= 0.3 is 12.1 Å². The number of aliphatic imine (C=N–C) groups is 1. The number of carbonyl (C=O) groups is 1. The van der Waals surface area contributed by atoms with E-state index in [0.29, 0.717) is 6.20 Å². The van der Waals surface area contributed by atoms with E-state index in [1.165, 1.54) is 0 Å².